The Morgan fingerprint density at radius 3 is 2.55 bits per heavy atom. The van der Waals surface area contributed by atoms with E-state index in [0.717, 1.165) is 75.7 Å². The van der Waals surface area contributed by atoms with E-state index in [9.17, 15) is 4.79 Å². The summed E-state index contributed by atoms with van der Waals surface area (Å²) in [6.07, 6.45) is 9.09. The second-order valence-corrected chi connectivity index (χ2v) is 11.9. The number of aliphatic imine (C=N–C) groups is 1. The fourth-order valence-electron chi connectivity index (χ4n) is 6.82. The van der Waals surface area contributed by atoms with Gasteiger partial charge in [0.2, 0.25) is 0 Å². The topological polar surface area (TPSA) is 77.2 Å². The Labute approximate surface area is 230 Å². The number of anilines is 1. The summed E-state index contributed by atoms with van der Waals surface area (Å²) in [5.41, 5.74) is 13.0. The average Bonchev–Trinajstić information content (AvgIpc) is 3.37. The Balaban J connectivity index is 1.32. The van der Waals surface area contributed by atoms with E-state index in [2.05, 4.69) is 50.8 Å². The Bertz CT molecular complexity index is 1010. The molecule has 2 N–H and O–H groups in total. The summed E-state index contributed by atoms with van der Waals surface area (Å²) in [7, 11) is 1.81. The van der Waals surface area contributed by atoms with E-state index in [1.165, 1.54) is 16.8 Å². The van der Waals surface area contributed by atoms with Crippen LogP contribution in [-0.2, 0) is 14.3 Å². The Morgan fingerprint density at radius 1 is 1.16 bits per heavy atom. The lowest BCUT2D eigenvalue weighted by molar-refractivity contribution is -0.116. The second-order valence-electron chi connectivity index (χ2n) is 11.9. The van der Waals surface area contributed by atoms with Gasteiger partial charge >= 0.3 is 0 Å². The SMILES string of the molecule is COC(CN=C1CCCC1=C(N)C(=O)CCC1C[C@@H](C)O[C@@H](C)C1)C1CCN(c2cccc(C)c2C)CC1. The molecule has 6 heteroatoms. The van der Waals surface area contributed by atoms with E-state index in [-0.39, 0.29) is 24.1 Å². The first-order valence-electron chi connectivity index (χ1n) is 14.8. The quantitative estimate of drug-likeness (QED) is 0.406. The monoisotopic (exact) mass is 523 g/mol. The normalized spacial score (nSPS) is 28.1. The van der Waals surface area contributed by atoms with Gasteiger partial charge in [0.1, 0.15) is 0 Å². The molecule has 0 amide bonds. The van der Waals surface area contributed by atoms with Crippen LogP contribution in [0.1, 0.15) is 82.8 Å². The number of ketones is 1. The Morgan fingerprint density at radius 2 is 1.87 bits per heavy atom. The average molecular weight is 524 g/mol. The number of rotatable bonds is 9. The summed E-state index contributed by atoms with van der Waals surface area (Å²) in [4.78, 5) is 20.5. The number of carbonyl (C=O) groups is 1. The van der Waals surface area contributed by atoms with Crippen molar-refractivity contribution in [3.8, 4) is 0 Å². The zero-order valence-corrected chi connectivity index (χ0v) is 24.3. The Kier molecular flexibility index (Phi) is 10.1. The van der Waals surface area contributed by atoms with Gasteiger partial charge in [0.15, 0.2) is 5.78 Å². The molecule has 38 heavy (non-hydrogen) atoms. The van der Waals surface area contributed by atoms with Gasteiger partial charge in [0.25, 0.3) is 0 Å². The summed E-state index contributed by atoms with van der Waals surface area (Å²) in [5.74, 6) is 1.11. The number of nitrogens with zero attached hydrogens (tertiary/aromatic N) is 2. The molecule has 0 aromatic heterocycles. The van der Waals surface area contributed by atoms with E-state index < -0.39 is 0 Å². The highest BCUT2D eigenvalue weighted by Crippen LogP contribution is 2.32. The van der Waals surface area contributed by atoms with Crippen molar-refractivity contribution >= 4 is 17.2 Å². The van der Waals surface area contributed by atoms with Gasteiger partial charge in [0.05, 0.1) is 30.6 Å². The molecule has 0 spiro atoms. The van der Waals surface area contributed by atoms with Gasteiger partial charge < -0.3 is 20.1 Å². The number of methoxy groups -OCH3 is 1. The number of aryl methyl sites for hydroxylation is 1. The summed E-state index contributed by atoms with van der Waals surface area (Å²) in [6.45, 7) is 11.4. The maximum absolute atomic E-state index is 13.0. The van der Waals surface area contributed by atoms with Crippen LogP contribution in [-0.4, -0.2) is 56.6 Å². The van der Waals surface area contributed by atoms with Crippen LogP contribution in [0.2, 0.25) is 0 Å². The van der Waals surface area contributed by atoms with Crippen LogP contribution in [0.4, 0.5) is 5.69 Å². The molecule has 1 saturated carbocycles. The maximum Gasteiger partial charge on any atom is 0.178 e. The zero-order valence-electron chi connectivity index (χ0n) is 24.3. The minimum Gasteiger partial charge on any atom is -0.396 e. The van der Waals surface area contributed by atoms with Crippen LogP contribution in [0.5, 0.6) is 0 Å². The minimum absolute atomic E-state index is 0.0866. The van der Waals surface area contributed by atoms with Gasteiger partial charge in [0, 0.05) is 38.0 Å². The number of allylic oxidation sites excluding steroid dienone is 2. The zero-order chi connectivity index (χ0) is 27.2. The minimum atomic E-state index is 0.0866. The van der Waals surface area contributed by atoms with Crippen LogP contribution in [0, 0.1) is 25.7 Å². The van der Waals surface area contributed by atoms with Crippen molar-refractivity contribution in [1.82, 2.24) is 0 Å². The molecular formula is C32H49N3O3. The van der Waals surface area contributed by atoms with E-state index in [4.69, 9.17) is 20.2 Å². The van der Waals surface area contributed by atoms with Crippen molar-refractivity contribution in [3.05, 3.63) is 40.6 Å². The van der Waals surface area contributed by atoms with Crippen LogP contribution in [0.3, 0.4) is 0 Å². The number of benzene rings is 1. The van der Waals surface area contributed by atoms with Crippen molar-refractivity contribution in [2.75, 3.05) is 31.6 Å². The Hall–Kier alpha value is -2.18. The summed E-state index contributed by atoms with van der Waals surface area (Å²) >= 11 is 0. The van der Waals surface area contributed by atoms with Crippen LogP contribution in [0.25, 0.3) is 0 Å². The molecule has 4 atom stereocenters. The molecule has 1 aromatic rings. The number of Topliss-reactive ketones (excluding diaryl/α,β-unsaturated/α-hetero) is 1. The molecule has 2 aliphatic heterocycles. The third-order valence-electron chi connectivity index (χ3n) is 9.14. The first-order chi connectivity index (χ1) is 18.3. The van der Waals surface area contributed by atoms with Gasteiger partial charge in [-0.1, -0.05) is 12.1 Å². The number of hydrogen-bond acceptors (Lipinski definition) is 6. The van der Waals surface area contributed by atoms with Gasteiger partial charge in [-0.2, -0.15) is 0 Å². The van der Waals surface area contributed by atoms with Gasteiger partial charge in [-0.3, -0.25) is 9.79 Å². The molecule has 1 aliphatic carbocycles. The number of carbonyl (C=O) groups excluding carboxylic acids is 1. The number of hydrogen-bond donors (Lipinski definition) is 1. The van der Waals surface area contributed by atoms with Crippen molar-refractivity contribution < 1.29 is 14.3 Å². The molecule has 3 fully saturated rings. The lowest BCUT2D eigenvalue weighted by Gasteiger charge is -2.37. The third-order valence-corrected chi connectivity index (χ3v) is 9.14. The molecule has 1 aromatic carbocycles. The molecule has 2 saturated heterocycles. The highest BCUT2D eigenvalue weighted by Gasteiger charge is 2.29. The summed E-state index contributed by atoms with van der Waals surface area (Å²) < 4.78 is 11.8. The molecular weight excluding hydrogens is 474 g/mol. The second kappa shape index (κ2) is 13.3. The predicted octanol–water partition coefficient (Wildman–Crippen LogP) is 5.93. The molecule has 2 unspecified atom stereocenters. The maximum atomic E-state index is 13.0. The molecule has 2 heterocycles. The van der Waals surface area contributed by atoms with E-state index in [1.807, 2.05) is 7.11 Å². The molecule has 6 nitrogen and oxygen atoms in total. The van der Waals surface area contributed by atoms with Crippen molar-refractivity contribution in [1.29, 1.82) is 0 Å². The third kappa shape index (κ3) is 7.06. The number of nitrogens with two attached hydrogens (primary N) is 1. The largest absolute Gasteiger partial charge is 0.396 e. The molecule has 0 radical (unpaired) electrons. The van der Waals surface area contributed by atoms with Gasteiger partial charge in [-0.15, -0.1) is 0 Å². The number of piperidine rings is 1. The van der Waals surface area contributed by atoms with Gasteiger partial charge in [-0.25, -0.2) is 0 Å². The number of ether oxygens (including phenoxy) is 2. The van der Waals surface area contributed by atoms with Crippen LogP contribution < -0.4 is 10.6 Å². The van der Waals surface area contributed by atoms with Gasteiger partial charge in [-0.05, 0) is 114 Å². The lowest BCUT2D eigenvalue weighted by Crippen LogP contribution is -2.39. The first kappa shape index (κ1) is 28.8. The standard InChI is InChI=1S/C32H49N3O3/c1-21-8-6-11-29(24(21)4)35-16-14-26(15-17-35)31(37-5)20-34-28-10-7-9-27(28)32(33)30(36)13-12-25-18-22(2)38-23(3)19-25/h6,8,11,22-23,25-26,31H,7,9-10,12-20,33H2,1-5H3/t22-,23+,25?,31?. The highest BCUT2D eigenvalue weighted by molar-refractivity contribution is 6.09. The summed E-state index contributed by atoms with van der Waals surface area (Å²) in [6, 6.07) is 6.59. The smallest absolute Gasteiger partial charge is 0.178 e. The molecule has 0 bridgehead atoms. The molecule has 210 valence electrons. The van der Waals surface area contributed by atoms with E-state index in [1.54, 1.807) is 0 Å². The van der Waals surface area contributed by atoms with E-state index >= 15 is 0 Å². The highest BCUT2D eigenvalue weighted by atomic mass is 16.5. The van der Waals surface area contributed by atoms with Crippen LogP contribution in [0.15, 0.2) is 34.5 Å². The lowest BCUT2D eigenvalue weighted by atomic mass is 9.87. The van der Waals surface area contributed by atoms with Crippen molar-refractivity contribution in [3.63, 3.8) is 0 Å². The van der Waals surface area contributed by atoms with Crippen LogP contribution >= 0.6 is 0 Å². The van der Waals surface area contributed by atoms with Crippen molar-refractivity contribution in [2.45, 2.75) is 104 Å². The fraction of sp³-hybridized carbons (Fsp3) is 0.688. The van der Waals surface area contributed by atoms with E-state index in [0.29, 0.717) is 30.5 Å². The molecule has 4 rings (SSSR count). The first-order valence-corrected chi connectivity index (χ1v) is 14.8. The molecule has 3 aliphatic rings. The summed E-state index contributed by atoms with van der Waals surface area (Å²) in [5, 5.41) is 0. The fourth-order valence-corrected chi connectivity index (χ4v) is 6.82. The predicted molar refractivity (Wildman–Crippen MR) is 156 cm³/mol. The van der Waals surface area contributed by atoms with Crippen molar-refractivity contribution in [2.24, 2.45) is 22.6 Å².